The van der Waals surface area contributed by atoms with Gasteiger partial charge in [0.15, 0.2) is 0 Å². The van der Waals surface area contributed by atoms with Gasteiger partial charge in [0, 0.05) is 12.1 Å². The first kappa shape index (κ1) is 22.9. The highest BCUT2D eigenvalue weighted by atomic mass is 35.5. The lowest BCUT2D eigenvalue weighted by atomic mass is 9.97. The molecule has 1 fully saturated rings. The lowest BCUT2D eigenvalue weighted by Crippen LogP contribution is -2.40. The van der Waals surface area contributed by atoms with Crippen LogP contribution < -0.4 is 5.32 Å². The van der Waals surface area contributed by atoms with Gasteiger partial charge in [0.05, 0.1) is 35.8 Å². The van der Waals surface area contributed by atoms with Crippen molar-refractivity contribution < 1.29 is 23.2 Å². The van der Waals surface area contributed by atoms with Crippen LogP contribution in [0.1, 0.15) is 29.1 Å². The molecule has 0 radical (unpaired) electrons. The largest absolute Gasteiger partial charge is 0.465 e. The summed E-state index contributed by atoms with van der Waals surface area (Å²) in [5, 5.41) is 7.13. The fourth-order valence-electron chi connectivity index (χ4n) is 3.74. The molecule has 1 unspecified atom stereocenters. The first-order valence-corrected chi connectivity index (χ1v) is 10.8. The summed E-state index contributed by atoms with van der Waals surface area (Å²) >= 11 is 6.20. The minimum Gasteiger partial charge on any atom is -0.465 e. The number of carbonyl (C=O) groups excluding carboxylic acids is 2. The average molecular weight is 473 g/mol. The molecule has 0 saturated carbocycles. The van der Waals surface area contributed by atoms with E-state index in [2.05, 4.69) is 20.4 Å². The minimum atomic E-state index is -0.509. The first-order chi connectivity index (χ1) is 15.9. The summed E-state index contributed by atoms with van der Waals surface area (Å²) in [5.74, 6) is -0.484. The quantitative estimate of drug-likeness (QED) is 0.538. The molecule has 3 aromatic rings. The summed E-state index contributed by atoms with van der Waals surface area (Å²) in [4.78, 5) is 31.1. The van der Waals surface area contributed by atoms with Gasteiger partial charge in [0.25, 0.3) is 0 Å². The number of aromatic nitrogens is 2. The summed E-state index contributed by atoms with van der Waals surface area (Å²) in [6.07, 6.45) is 1.55. The maximum atomic E-state index is 13.1. The Balaban J connectivity index is 1.38. The number of esters is 1. The summed E-state index contributed by atoms with van der Waals surface area (Å²) < 4.78 is 23.2. The molecule has 1 aliphatic rings. The van der Waals surface area contributed by atoms with Gasteiger partial charge in [-0.1, -0.05) is 16.8 Å². The average Bonchev–Trinajstić information content (AvgIpc) is 3.29. The van der Waals surface area contributed by atoms with Crippen molar-refractivity contribution in [3.8, 4) is 11.4 Å². The number of amides is 1. The highest BCUT2D eigenvalue weighted by Gasteiger charge is 2.27. The molecule has 1 aliphatic heterocycles. The van der Waals surface area contributed by atoms with Gasteiger partial charge < -0.3 is 14.6 Å². The number of halogens is 2. The highest BCUT2D eigenvalue weighted by Crippen LogP contribution is 2.26. The van der Waals surface area contributed by atoms with E-state index < -0.39 is 5.97 Å². The van der Waals surface area contributed by atoms with Crippen molar-refractivity contribution in [3.05, 3.63) is 64.8 Å². The number of hydrogen-bond donors (Lipinski definition) is 1. The first-order valence-electron chi connectivity index (χ1n) is 10.4. The van der Waals surface area contributed by atoms with Gasteiger partial charge in [0.2, 0.25) is 17.6 Å². The standard InChI is InChI=1S/C23H22ClFN4O4/c1-32-23(31)15-6-9-18(24)19(11-15)26-22(30)16-3-2-10-29(12-16)13-20-27-21(28-33-20)14-4-7-17(25)8-5-14/h4-9,11,16H,2-3,10,12-13H2,1H3,(H,26,30). The lowest BCUT2D eigenvalue weighted by Gasteiger charge is -2.31. The third-order valence-corrected chi connectivity index (χ3v) is 5.78. The van der Waals surface area contributed by atoms with E-state index >= 15 is 0 Å². The Morgan fingerprint density at radius 1 is 1.27 bits per heavy atom. The second-order valence-electron chi connectivity index (χ2n) is 7.77. The molecule has 8 nitrogen and oxygen atoms in total. The molecule has 1 atom stereocenters. The fourth-order valence-corrected chi connectivity index (χ4v) is 3.91. The normalized spacial score (nSPS) is 16.4. The molecule has 1 saturated heterocycles. The van der Waals surface area contributed by atoms with Gasteiger partial charge in [-0.05, 0) is 61.9 Å². The fraction of sp³-hybridized carbons (Fsp3) is 0.304. The number of carbonyl (C=O) groups is 2. The summed E-state index contributed by atoms with van der Waals surface area (Å²) in [6, 6.07) is 10.4. The molecule has 0 bridgehead atoms. The van der Waals surface area contributed by atoms with Crippen LogP contribution in [0.3, 0.4) is 0 Å². The van der Waals surface area contributed by atoms with Crippen LogP contribution in [0, 0.1) is 11.7 Å². The van der Waals surface area contributed by atoms with Crippen LogP contribution >= 0.6 is 11.6 Å². The second-order valence-corrected chi connectivity index (χ2v) is 8.18. The Bertz CT molecular complexity index is 1150. The Labute approximate surface area is 194 Å². The molecule has 2 heterocycles. The molecular formula is C23H22ClFN4O4. The molecule has 172 valence electrons. The summed E-state index contributed by atoms with van der Waals surface area (Å²) in [5.41, 5.74) is 1.33. The Morgan fingerprint density at radius 2 is 2.06 bits per heavy atom. The Hall–Kier alpha value is -3.30. The van der Waals surface area contributed by atoms with Crippen molar-refractivity contribution in [1.82, 2.24) is 15.0 Å². The number of methoxy groups -OCH3 is 1. The van der Waals surface area contributed by atoms with E-state index in [0.29, 0.717) is 46.6 Å². The SMILES string of the molecule is COC(=O)c1ccc(Cl)c(NC(=O)C2CCCN(Cc3nc(-c4ccc(F)cc4)no3)C2)c1. The van der Waals surface area contributed by atoms with Crippen molar-refractivity contribution in [2.24, 2.45) is 5.92 Å². The van der Waals surface area contributed by atoms with Crippen molar-refractivity contribution in [2.45, 2.75) is 19.4 Å². The van der Waals surface area contributed by atoms with Crippen LogP contribution in [0.4, 0.5) is 10.1 Å². The maximum Gasteiger partial charge on any atom is 0.337 e. The number of likely N-dealkylation sites (tertiary alicyclic amines) is 1. The van der Waals surface area contributed by atoms with Crippen LogP contribution in [-0.4, -0.2) is 47.1 Å². The van der Waals surface area contributed by atoms with Gasteiger partial charge in [0.1, 0.15) is 5.82 Å². The number of nitrogens with zero attached hydrogens (tertiary/aromatic N) is 3. The van der Waals surface area contributed by atoms with Crippen LogP contribution in [0.15, 0.2) is 47.0 Å². The van der Waals surface area contributed by atoms with Crippen LogP contribution in [0.5, 0.6) is 0 Å². The van der Waals surface area contributed by atoms with Crippen molar-refractivity contribution in [1.29, 1.82) is 0 Å². The third kappa shape index (κ3) is 5.55. The van der Waals surface area contributed by atoms with E-state index in [0.717, 1.165) is 19.4 Å². The number of benzene rings is 2. The highest BCUT2D eigenvalue weighted by molar-refractivity contribution is 6.33. The number of anilines is 1. The Morgan fingerprint density at radius 3 is 2.82 bits per heavy atom. The van der Waals surface area contributed by atoms with Gasteiger partial charge in [-0.15, -0.1) is 0 Å². The van der Waals surface area contributed by atoms with E-state index in [9.17, 15) is 14.0 Å². The number of ether oxygens (including phenoxy) is 1. The smallest absolute Gasteiger partial charge is 0.337 e. The van der Waals surface area contributed by atoms with E-state index in [4.69, 9.17) is 20.9 Å². The molecular weight excluding hydrogens is 451 g/mol. The van der Waals surface area contributed by atoms with E-state index in [1.807, 2.05) is 0 Å². The molecule has 4 rings (SSSR count). The lowest BCUT2D eigenvalue weighted by molar-refractivity contribution is -0.121. The molecule has 0 aliphatic carbocycles. The number of rotatable bonds is 6. The predicted molar refractivity (Wildman–Crippen MR) is 119 cm³/mol. The monoisotopic (exact) mass is 472 g/mol. The third-order valence-electron chi connectivity index (χ3n) is 5.45. The van der Waals surface area contributed by atoms with E-state index in [-0.39, 0.29) is 17.6 Å². The molecule has 2 aromatic carbocycles. The van der Waals surface area contributed by atoms with Crippen molar-refractivity contribution in [3.63, 3.8) is 0 Å². The Kier molecular flexibility index (Phi) is 7.00. The van der Waals surface area contributed by atoms with E-state index in [1.165, 1.54) is 31.4 Å². The molecule has 1 amide bonds. The van der Waals surface area contributed by atoms with Crippen molar-refractivity contribution >= 4 is 29.2 Å². The molecule has 10 heteroatoms. The number of piperidine rings is 1. The zero-order valence-electron chi connectivity index (χ0n) is 17.9. The minimum absolute atomic E-state index is 0.179. The van der Waals surface area contributed by atoms with Gasteiger partial charge in [-0.25, -0.2) is 9.18 Å². The molecule has 1 N–H and O–H groups in total. The molecule has 33 heavy (non-hydrogen) atoms. The zero-order valence-corrected chi connectivity index (χ0v) is 18.6. The van der Waals surface area contributed by atoms with Gasteiger partial charge in [-0.3, -0.25) is 9.69 Å². The van der Waals surface area contributed by atoms with Crippen molar-refractivity contribution in [2.75, 3.05) is 25.5 Å². The second kappa shape index (κ2) is 10.1. The van der Waals surface area contributed by atoms with E-state index in [1.54, 1.807) is 18.2 Å². The molecule has 1 aromatic heterocycles. The van der Waals surface area contributed by atoms with Crippen LogP contribution in [0.25, 0.3) is 11.4 Å². The topological polar surface area (TPSA) is 97.6 Å². The molecule has 0 spiro atoms. The van der Waals surface area contributed by atoms with Gasteiger partial charge >= 0.3 is 5.97 Å². The van der Waals surface area contributed by atoms with Gasteiger partial charge in [-0.2, -0.15) is 4.98 Å². The van der Waals surface area contributed by atoms with Crippen LogP contribution in [0.2, 0.25) is 5.02 Å². The van der Waals surface area contributed by atoms with Crippen LogP contribution in [-0.2, 0) is 16.1 Å². The zero-order chi connectivity index (χ0) is 23.4. The summed E-state index contributed by atoms with van der Waals surface area (Å²) in [6.45, 7) is 1.70. The predicted octanol–water partition coefficient (Wildman–Crippen LogP) is 4.17. The maximum absolute atomic E-state index is 13.1. The number of nitrogens with one attached hydrogen (secondary N) is 1. The number of hydrogen-bond acceptors (Lipinski definition) is 7. The summed E-state index contributed by atoms with van der Waals surface area (Å²) in [7, 11) is 1.29.